The Morgan fingerprint density at radius 1 is 1.30 bits per heavy atom. The number of ether oxygens (including phenoxy) is 2. The van der Waals surface area contributed by atoms with Crippen LogP contribution in [0.2, 0.25) is 0 Å². The van der Waals surface area contributed by atoms with Gasteiger partial charge >= 0.3 is 5.97 Å². The van der Waals surface area contributed by atoms with Gasteiger partial charge in [-0.3, -0.25) is 0 Å². The molecular weight excluding hydrogens is 509 g/mol. The second kappa shape index (κ2) is 9.67. The van der Waals surface area contributed by atoms with E-state index >= 15 is 0 Å². The van der Waals surface area contributed by atoms with Crippen LogP contribution in [0.5, 0.6) is 0 Å². The summed E-state index contributed by atoms with van der Waals surface area (Å²) in [4.78, 5) is 13.9. The first-order valence-corrected chi connectivity index (χ1v) is 13.7. The number of hydrogen-bond donors (Lipinski definition) is 1. The van der Waals surface area contributed by atoms with Crippen molar-refractivity contribution in [2.24, 2.45) is 17.3 Å². The fraction of sp³-hybridized carbons (Fsp3) is 0.720. The van der Waals surface area contributed by atoms with Crippen molar-refractivity contribution in [1.82, 2.24) is 4.72 Å². The van der Waals surface area contributed by atoms with Crippen molar-refractivity contribution in [3.8, 4) is 0 Å². The SMILES string of the molecule is CCOC(=O)[C@]1(N[S@@](=O)C(C)(C)C)c2cc(Br)ccc2CC12C[C@@H](C)C(OC(C)F)[C@@H](C)C2. The molecule has 0 radical (unpaired) electrons. The monoisotopic (exact) mass is 545 g/mol. The molecule has 3 rings (SSSR count). The molecule has 1 saturated carbocycles. The molecule has 1 fully saturated rings. The molecule has 0 saturated heterocycles. The number of nitrogens with one attached hydrogen (secondary N) is 1. The minimum absolute atomic E-state index is 0.00313. The molecule has 7 atom stereocenters. The van der Waals surface area contributed by atoms with Crippen LogP contribution in [0.15, 0.2) is 22.7 Å². The van der Waals surface area contributed by atoms with E-state index in [0.717, 1.165) is 15.6 Å². The van der Waals surface area contributed by atoms with Crippen molar-refractivity contribution in [1.29, 1.82) is 0 Å². The summed E-state index contributed by atoms with van der Waals surface area (Å²) in [6, 6.07) is 5.96. The number of alkyl halides is 1. The molecule has 8 heteroatoms. The maximum Gasteiger partial charge on any atom is 0.332 e. The number of carbonyl (C=O) groups is 1. The number of fused-ring (bicyclic) bond motifs is 1. The summed E-state index contributed by atoms with van der Waals surface area (Å²) in [6.07, 6.45) is 0.281. The zero-order valence-electron chi connectivity index (χ0n) is 20.7. The molecule has 1 aromatic rings. The lowest BCUT2D eigenvalue weighted by molar-refractivity contribution is -0.172. The fourth-order valence-corrected chi connectivity index (χ4v) is 7.30. The van der Waals surface area contributed by atoms with Crippen LogP contribution in [0.4, 0.5) is 4.39 Å². The van der Waals surface area contributed by atoms with Gasteiger partial charge in [0.1, 0.15) is 0 Å². The van der Waals surface area contributed by atoms with Gasteiger partial charge in [-0.1, -0.05) is 35.8 Å². The average molecular weight is 547 g/mol. The van der Waals surface area contributed by atoms with E-state index < -0.39 is 39.0 Å². The van der Waals surface area contributed by atoms with Crippen molar-refractivity contribution < 1.29 is 22.9 Å². The Bertz CT molecular complexity index is 906. The third kappa shape index (κ3) is 4.82. The molecule has 0 aromatic heterocycles. The molecule has 33 heavy (non-hydrogen) atoms. The molecule has 3 unspecified atom stereocenters. The summed E-state index contributed by atoms with van der Waals surface area (Å²) in [5, 5.41) is 0. The van der Waals surface area contributed by atoms with Gasteiger partial charge in [-0.05, 0) is 89.0 Å². The predicted molar refractivity (Wildman–Crippen MR) is 133 cm³/mol. The van der Waals surface area contributed by atoms with Gasteiger partial charge in [0.05, 0.1) is 28.4 Å². The molecule has 1 N–H and O–H groups in total. The van der Waals surface area contributed by atoms with Gasteiger partial charge in [-0.15, -0.1) is 0 Å². The molecule has 5 nitrogen and oxygen atoms in total. The van der Waals surface area contributed by atoms with Gasteiger partial charge in [0, 0.05) is 9.89 Å². The number of esters is 1. The highest BCUT2D eigenvalue weighted by atomic mass is 79.9. The van der Waals surface area contributed by atoms with E-state index in [1.807, 2.05) is 39.0 Å². The van der Waals surface area contributed by atoms with Crippen LogP contribution in [0.3, 0.4) is 0 Å². The maximum absolute atomic E-state index is 13.9. The minimum Gasteiger partial charge on any atom is -0.464 e. The first-order chi connectivity index (χ1) is 15.3. The summed E-state index contributed by atoms with van der Waals surface area (Å²) >= 11 is 3.57. The lowest BCUT2D eigenvalue weighted by Crippen LogP contribution is -2.64. The van der Waals surface area contributed by atoms with Crippen molar-refractivity contribution in [2.75, 3.05) is 6.61 Å². The quantitative estimate of drug-likeness (QED) is 0.474. The van der Waals surface area contributed by atoms with E-state index in [-0.39, 0.29) is 24.5 Å². The Morgan fingerprint density at radius 3 is 2.42 bits per heavy atom. The summed E-state index contributed by atoms with van der Waals surface area (Å²) in [6.45, 7) is 13.2. The highest BCUT2D eigenvalue weighted by Crippen LogP contribution is 2.61. The van der Waals surface area contributed by atoms with E-state index in [4.69, 9.17) is 9.47 Å². The van der Waals surface area contributed by atoms with Gasteiger partial charge in [-0.2, -0.15) is 0 Å². The van der Waals surface area contributed by atoms with Gasteiger partial charge < -0.3 is 9.47 Å². The van der Waals surface area contributed by atoms with E-state index in [9.17, 15) is 13.4 Å². The van der Waals surface area contributed by atoms with Crippen molar-refractivity contribution in [3.05, 3.63) is 33.8 Å². The van der Waals surface area contributed by atoms with Gasteiger partial charge in [0.15, 0.2) is 11.9 Å². The highest BCUT2D eigenvalue weighted by molar-refractivity contribution is 9.10. The van der Waals surface area contributed by atoms with Crippen LogP contribution in [-0.2, 0) is 37.2 Å². The van der Waals surface area contributed by atoms with E-state index in [0.29, 0.717) is 19.3 Å². The molecule has 2 aliphatic rings. The summed E-state index contributed by atoms with van der Waals surface area (Å²) in [7, 11) is -1.53. The third-order valence-corrected chi connectivity index (χ3v) is 9.17. The normalized spacial score (nSPS) is 33.5. The number of halogens is 2. The smallest absolute Gasteiger partial charge is 0.332 e. The Kier molecular flexibility index (Phi) is 7.84. The van der Waals surface area contributed by atoms with E-state index in [1.165, 1.54) is 6.92 Å². The summed E-state index contributed by atoms with van der Waals surface area (Å²) in [5.74, 6) is -0.399. The largest absolute Gasteiger partial charge is 0.464 e. The van der Waals surface area contributed by atoms with E-state index in [2.05, 4.69) is 34.5 Å². The Labute approximate surface area is 208 Å². The Balaban J connectivity index is 2.21. The van der Waals surface area contributed by atoms with E-state index in [1.54, 1.807) is 6.92 Å². The van der Waals surface area contributed by atoms with Crippen molar-refractivity contribution >= 4 is 32.9 Å². The summed E-state index contributed by atoms with van der Waals surface area (Å²) in [5.41, 5.74) is -0.00998. The van der Waals surface area contributed by atoms with Crippen LogP contribution in [-0.4, -0.2) is 34.0 Å². The average Bonchev–Trinajstić information content (AvgIpc) is 2.93. The second-order valence-electron chi connectivity index (χ2n) is 10.7. The van der Waals surface area contributed by atoms with Crippen LogP contribution in [0.25, 0.3) is 0 Å². The van der Waals surface area contributed by atoms with Crippen LogP contribution in [0, 0.1) is 17.3 Å². The molecule has 0 amide bonds. The molecular formula is C25H37BrFNO4S. The molecule has 1 spiro atoms. The summed E-state index contributed by atoms with van der Waals surface area (Å²) < 4.78 is 42.2. The van der Waals surface area contributed by atoms with Crippen LogP contribution >= 0.6 is 15.9 Å². The molecule has 2 aliphatic carbocycles. The lowest BCUT2D eigenvalue weighted by Gasteiger charge is -2.53. The Hall–Kier alpha value is -0.830. The van der Waals surface area contributed by atoms with Crippen molar-refractivity contribution in [3.63, 3.8) is 0 Å². The fourth-order valence-electron chi connectivity index (χ4n) is 5.94. The molecule has 0 aliphatic heterocycles. The molecule has 1 aromatic carbocycles. The van der Waals surface area contributed by atoms with Crippen molar-refractivity contribution in [2.45, 2.75) is 90.5 Å². The first kappa shape index (κ1) is 26.8. The standard InChI is InChI=1S/C25H37BrFNO4S/c1-8-31-22(29)25(28-33(30)23(5,6)7)20-11-19(26)10-9-18(20)14-24(25)12-15(2)21(16(3)13-24)32-17(4)27/h9-11,15-17,21,28H,8,12-14H2,1-7H3/t15-,16+,17?,21?,24?,25-,33+/m1/s1. The van der Waals surface area contributed by atoms with Gasteiger partial charge in [0.25, 0.3) is 0 Å². The number of rotatable bonds is 6. The predicted octanol–water partition coefficient (Wildman–Crippen LogP) is 5.57. The zero-order chi connectivity index (χ0) is 24.8. The zero-order valence-corrected chi connectivity index (χ0v) is 23.1. The molecule has 0 heterocycles. The van der Waals surface area contributed by atoms with Gasteiger partial charge in [-0.25, -0.2) is 18.1 Å². The highest BCUT2D eigenvalue weighted by Gasteiger charge is 2.66. The van der Waals surface area contributed by atoms with Crippen LogP contribution < -0.4 is 4.72 Å². The Morgan fingerprint density at radius 2 is 1.91 bits per heavy atom. The number of benzene rings is 1. The third-order valence-electron chi connectivity index (χ3n) is 7.08. The topological polar surface area (TPSA) is 64.6 Å². The number of hydrogen-bond acceptors (Lipinski definition) is 4. The maximum atomic E-state index is 13.9. The molecule has 186 valence electrons. The van der Waals surface area contributed by atoms with Crippen LogP contribution in [0.1, 0.15) is 72.4 Å². The number of carbonyl (C=O) groups excluding carboxylic acids is 1. The lowest BCUT2D eigenvalue weighted by atomic mass is 9.56. The first-order valence-electron chi connectivity index (χ1n) is 11.7. The second-order valence-corrected chi connectivity index (χ2v) is 13.6. The molecule has 0 bridgehead atoms. The van der Waals surface area contributed by atoms with Gasteiger partial charge in [0.2, 0.25) is 0 Å². The minimum atomic E-state index is -1.53.